The third-order valence-electron chi connectivity index (χ3n) is 3.61. The molecule has 0 unspecified atom stereocenters. The molecule has 0 aromatic heterocycles. The van der Waals surface area contributed by atoms with Gasteiger partial charge in [-0.25, -0.2) is 12.8 Å². The number of nitro groups is 1. The summed E-state index contributed by atoms with van der Waals surface area (Å²) < 4.78 is 42.9. The number of hydrogen-bond donors (Lipinski definition) is 1. The lowest BCUT2D eigenvalue weighted by atomic mass is 10.2. The van der Waals surface area contributed by atoms with Gasteiger partial charge in [0.1, 0.15) is 18.0 Å². The summed E-state index contributed by atoms with van der Waals surface area (Å²) in [4.78, 5) is 33.7. The Balaban J connectivity index is 1.91. The number of para-hydroxylation sites is 2. The molecule has 2 aromatic carbocycles. The van der Waals surface area contributed by atoms with E-state index in [9.17, 15) is 32.5 Å². The van der Waals surface area contributed by atoms with E-state index in [1.807, 2.05) is 0 Å². The van der Waals surface area contributed by atoms with E-state index >= 15 is 0 Å². The molecule has 0 heterocycles. The van der Waals surface area contributed by atoms with E-state index in [-0.39, 0.29) is 16.3 Å². The third kappa shape index (κ3) is 5.80. The van der Waals surface area contributed by atoms with E-state index in [1.165, 1.54) is 24.3 Å². The summed E-state index contributed by atoms with van der Waals surface area (Å²) in [6.07, 6.45) is 0. The molecule has 1 N–H and O–H groups in total. The highest BCUT2D eigenvalue weighted by atomic mass is 32.2. The molecule has 2 rings (SSSR count). The van der Waals surface area contributed by atoms with Gasteiger partial charge in [-0.05, 0) is 30.3 Å². The molecule has 0 saturated carbocycles. The first-order valence-electron chi connectivity index (χ1n) is 8.02. The van der Waals surface area contributed by atoms with Gasteiger partial charge in [-0.3, -0.25) is 19.7 Å². The summed E-state index contributed by atoms with van der Waals surface area (Å²) in [6, 6.07) is 9.42. The quantitative estimate of drug-likeness (QED) is 0.385. The van der Waals surface area contributed by atoms with Gasteiger partial charge in [0.25, 0.3) is 11.6 Å². The van der Waals surface area contributed by atoms with E-state index in [2.05, 4.69) is 5.32 Å². The Bertz CT molecular complexity index is 1030. The van der Waals surface area contributed by atoms with E-state index in [0.29, 0.717) is 4.31 Å². The molecule has 2 aromatic rings. The van der Waals surface area contributed by atoms with Crippen molar-refractivity contribution in [3.63, 3.8) is 0 Å². The van der Waals surface area contributed by atoms with Crippen molar-refractivity contribution in [3.8, 4) is 0 Å². The zero-order valence-electron chi connectivity index (χ0n) is 15.1. The Labute approximate surface area is 165 Å². The van der Waals surface area contributed by atoms with Crippen LogP contribution in [-0.2, 0) is 24.3 Å². The number of ether oxygens (including phenoxy) is 1. The molecule has 0 saturated heterocycles. The predicted octanol–water partition coefficient (Wildman–Crippen LogP) is 1.54. The van der Waals surface area contributed by atoms with Crippen LogP contribution < -0.4 is 5.32 Å². The normalized spacial score (nSPS) is 11.1. The maximum Gasteiger partial charge on any atom is 0.321 e. The van der Waals surface area contributed by atoms with Crippen LogP contribution in [0.1, 0.15) is 0 Å². The molecular weight excluding hydrogens is 409 g/mol. The molecule has 12 heteroatoms. The molecule has 0 atom stereocenters. The van der Waals surface area contributed by atoms with Crippen LogP contribution in [0.4, 0.5) is 15.8 Å². The smallest absolute Gasteiger partial charge is 0.321 e. The van der Waals surface area contributed by atoms with Crippen LogP contribution in [-0.4, -0.2) is 49.7 Å². The summed E-state index contributed by atoms with van der Waals surface area (Å²) in [5, 5.41) is 13.1. The standard InChI is InChI=1S/C17H16FN3O7S/c1-20(29(26,27)13-8-6-12(18)7-9-13)10-17(23)28-11-16(22)19-14-4-2-3-5-15(14)21(24)25/h2-9H,10-11H2,1H3,(H,19,22). The van der Waals surface area contributed by atoms with Crippen molar-refractivity contribution in [1.29, 1.82) is 0 Å². The molecular formula is C17H16FN3O7S. The third-order valence-corrected chi connectivity index (χ3v) is 5.43. The van der Waals surface area contributed by atoms with Crippen LogP contribution in [0.25, 0.3) is 0 Å². The Morgan fingerprint density at radius 1 is 1.17 bits per heavy atom. The fourth-order valence-corrected chi connectivity index (χ4v) is 3.29. The van der Waals surface area contributed by atoms with Crippen LogP contribution in [0.3, 0.4) is 0 Å². The number of likely N-dealkylation sites (N-methyl/N-ethyl adjacent to an activating group) is 1. The first-order valence-corrected chi connectivity index (χ1v) is 9.46. The predicted molar refractivity (Wildman–Crippen MR) is 98.9 cm³/mol. The minimum Gasteiger partial charge on any atom is -0.455 e. The average molecular weight is 425 g/mol. The van der Waals surface area contributed by atoms with E-state index < -0.39 is 45.8 Å². The number of nitrogens with one attached hydrogen (secondary N) is 1. The lowest BCUT2D eigenvalue weighted by Crippen LogP contribution is -2.34. The number of amides is 1. The maximum atomic E-state index is 12.9. The van der Waals surface area contributed by atoms with Gasteiger partial charge in [0, 0.05) is 13.1 Å². The summed E-state index contributed by atoms with van der Waals surface area (Å²) in [5.41, 5.74) is -0.410. The van der Waals surface area contributed by atoms with E-state index in [4.69, 9.17) is 4.74 Å². The van der Waals surface area contributed by atoms with Gasteiger partial charge in [-0.1, -0.05) is 12.1 Å². The molecule has 29 heavy (non-hydrogen) atoms. The SMILES string of the molecule is CN(CC(=O)OCC(=O)Nc1ccccc1[N+](=O)[O-])S(=O)(=O)c1ccc(F)cc1. The van der Waals surface area contributed by atoms with Crippen molar-refractivity contribution < 1.29 is 32.1 Å². The minimum absolute atomic E-state index is 0.0745. The second-order valence-electron chi connectivity index (χ2n) is 5.70. The zero-order valence-corrected chi connectivity index (χ0v) is 15.9. The lowest BCUT2D eigenvalue weighted by Gasteiger charge is -2.16. The summed E-state index contributed by atoms with van der Waals surface area (Å²) in [6.45, 7) is -1.46. The summed E-state index contributed by atoms with van der Waals surface area (Å²) >= 11 is 0. The number of carbonyl (C=O) groups is 2. The van der Waals surface area contributed by atoms with Gasteiger partial charge in [0.15, 0.2) is 6.61 Å². The lowest BCUT2D eigenvalue weighted by molar-refractivity contribution is -0.383. The second-order valence-corrected chi connectivity index (χ2v) is 7.74. The van der Waals surface area contributed by atoms with Crippen molar-refractivity contribution in [3.05, 3.63) is 64.5 Å². The molecule has 0 aliphatic heterocycles. The molecule has 1 amide bonds. The van der Waals surface area contributed by atoms with Gasteiger partial charge in [-0.15, -0.1) is 0 Å². The van der Waals surface area contributed by atoms with Crippen LogP contribution in [0, 0.1) is 15.9 Å². The number of nitrogens with zero attached hydrogens (tertiary/aromatic N) is 2. The molecule has 0 aliphatic carbocycles. The highest BCUT2D eigenvalue weighted by Gasteiger charge is 2.24. The summed E-state index contributed by atoms with van der Waals surface area (Å²) in [5.74, 6) is -2.47. The Kier molecular flexibility index (Phi) is 6.96. The first-order chi connectivity index (χ1) is 13.6. The number of carbonyl (C=O) groups excluding carboxylic acids is 2. The molecule has 10 nitrogen and oxygen atoms in total. The van der Waals surface area contributed by atoms with Crippen molar-refractivity contribution in [2.45, 2.75) is 4.90 Å². The van der Waals surface area contributed by atoms with Gasteiger partial charge < -0.3 is 10.1 Å². The second kappa shape index (κ2) is 9.21. The fraction of sp³-hybridized carbons (Fsp3) is 0.176. The Morgan fingerprint density at radius 3 is 2.41 bits per heavy atom. The Hall–Kier alpha value is -3.38. The first kappa shape index (κ1) is 21.9. The van der Waals surface area contributed by atoms with Crippen molar-refractivity contribution in [1.82, 2.24) is 4.31 Å². The number of rotatable bonds is 8. The van der Waals surface area contributed by atoms with Crippen molar-refractivity contribution in [2.75, 3.05) is 25.5 Å². The van der Waals surface area contributed by atoms with Crippen molar-refractivity contribution in [2.24, 2.45) is 0 Å². The topological polar surface area (TPSA) is 136 Å². The number of halogens is 1. The Morgan fingerprint density at radius 2 is 1.79 bits per heavy atom. The number of hydrogen-bond acceptors (Lipinski definition) is 7. The minimum atomic E-state index is -4.06. The summed E-state index contributed by atoms with van der Waals surface area (Å²) in [7, 11) is -2.94. The van der Waals surface area contributed by atoms with Crippen LogP contribution in [0.2, 0.25) is 0 Å². The fourth-order valence-electron chi connectivity index (χ4n) is 2.17. The number of benzene rings is 2. The molecule has 0 spiro atoms. The molecule has 154 valence electrons. The monoisotopic (exact) mass is 425 g/mol. The molecule has 0 fully saturated rings. The van der Waals surface area contributed by atoms with E-state index in [0.717, 1.165) is 31.3 Å². The maximum absolute atomic E-state index is 12.9. The molecule has 0 aliphatic rings. The van der Waals surface area contributed by atoms with Gasteiger partial charge in [-0.2, -0.15) is 4.31 Å². The highest BCUT2D eigenvalue weighted by molar-refractivity contribution is 7.89. The number of sulfonamides is 1. The number of nitro benzene ring substituents is 1. The van der Waals surface area contributed by atoms with Gasteiger partial charge in [0.05, 0.1) is 9.82 Å². The molecule has 0 bridgehead atoms. The zero-order chi connectivity index (χ0) is 21.6. The van der Waals surface area contributed by atoms with Crippen LogP contribution in [0.5, 0.6) is 0 Å². The van der Waals surface area contributed by atoms with Crippen LogP contribution in [0.15, 0.2) is 53.4 Å². The van der Waals surface area contributed by atoms with Gasteiger partial charge in [0.2, 0.25) is 10.0 Å². The van der Waals surface area contributed by atoms with Crippen LogP contribution >= 0.6 is 0 Å². The number of anilines is 1. The number of esters is 1. The van der Waals surface area contributed by atoms with Crippen molar-refractivity contribution >= 4 is 33.3 Å². The van der Waals surface area contributed by atoms with Gasteiger partial charge >= 0.3 is 5.97 Å². The average Bonchev–Trinajstić information content (AvgIpc) is 2.67. The molecule has 0 radical (unpaired) electrons. The highest BCUT2D eigenvalue weighted by Crippen LogP contribution is 2.23. The largest absolute Gasteiger partial charge is 0.455 e. The van der Waals surface area contributed by atoms with E-state index in [1.54, 1.807) is 0 Å².